The van der Waals surface area contributed by atoms with E-state index in [4.69, 9.17) is 0 Å². The van der Waals surface area contributed by atoms with Gasteiger partial charge in [-0.2, -0.15) is 0 Å². The fraction of sp³-hybridized carbons (Fsp3) is 1.00. The maximum Gasteiger partial charge on any atom is 0.0658 e. The molecule has 5 atom stereocenters. The predicted molar refractivity (Wildman–Crippen MR) is 71.1 cm³/mol. The molecular weight excluding hydrogens is 228 g/mol. The lowest BCUT2D eigenvalue weighted by Crippen LogP contribution is -2.62. The zero-order chi connectivity index (χ0) is 13.8. The van der Waals surface area contributed by atoms with Gasteiger partial charge in [0.1, 0.15) is 0 Å². The molecule has 0 amide bonds. The van der Waals surface area contributed by atoms with Gasteiger partial charge in [-0.25, -0.2) is 0 Å². The minimum atomic E-state index is -0.798. The standard InChI is InChI=1S/C15H28O3/c1-13(2,17)10-6-5-8-14(3)11(16)7-9-15(4,18)12(10)14/h10-12,16-18H,5-9H2,1-4H3/t10-,11-,12-,14+,15-/m1/s1. The summed E-state index contributed by atoms with van der Waals surface area (Å²) in [4.78, 5) is 0. The van der Waals surface area contributed by atoms with Crippen molar-refractivity contribution >= 4 is 0 Å². The first kappa shape index (κ1) is 14.3. The van der Waals surface area contributed by atoms with Crippen molar-refractivity contribution in [1.29, 1.82) is 0 Å². The summed E-state index contributed by atoms with van der Waals surface area (Å²) in [7, 11) is 0. The molecule has 18 heavy (non-hydrogen) atoms. The number of aliphatic hydroxyl groups excluding tert-OH is 1. The molecule has 2 aliphatic rings. The van der Waals surface area contributed by atoms with Crippen LogP contribution in [-0.2, 0) is 0 Å². The van der Waals surface area contributed by atoms with E-state index < -0.39 is 11.2 Å². The van der Waals surface area contributed by atoms with Crippen LogP contribution in [0.15, 0.2) is 0 Å². The van der Waals surface area contributed by atoms with Crippen molar-refractivity contribution in [1.82, 2.24) is 0 Å². The molecule has 0 aliphatic heterocycles. The predicted octanol–water partition coefficient (Wildman–Crippen LogP) is 2.09. The van der Waals surface area contributed by atoms with Crippen LogP contribution in [0.3, 0.4) is 0 Å². The molecule has 0 heterocycles. The van der Waals surface area contributed by atoms with E-state index in [0.717, 1.165) is 19.3 Å². The molecule has 0 saturated heterocycles. The van der Waals surface area contributed by atoms with E-state index in [1.165, 1.54) is 0 Å². The van der Waals surface area contributed by atoms with Gasteiger partial charge in [0.25, 0.3) is 0 Å². The average molecular weight is 256 g/mol. The van der Waals surface area contributed by atoms with Gasteiger partial charge in [-0.1, -0.05) is 13.3 Å². The minimum Gasteiger partial charge on any atom is -0.393 e. The van der Waals surface area contributed by atoms with Crippen LogP contribution in [0.5, 0.6) is 0 Å². The van der Waals surface area contributed by atoms with Crippen molar-refractivity contribution < 1.29 is 15.3 Å². The second kappa shape index (κ2) is 4.19. The average Bonchev–Trinajstić information content (AvgIpc) is 2.22. The molecule has 106 valence electrons. The number of aliphatic hydroxyl groups is 3. The number of rotatable bonds is 1. The van der Waals surface area contributed by atoms with E-state index in [9.17, 15) is 15.3 Å². The summed E-state index contributed by atoms with van der Waals surface area (Å²) in [5.41, 5.74) is -1.84. The van der Waals surface area contributed by atoms with Crippen LogP contribution in [-0.4, -0.2) is 32.6 Å². The second-order valence-electron chi connectivity index (χ2n) is 7.55. The van der Waals surface area contributed by atoms with Gasteiger partial charge in [-0.15, -0.1) is 0 Å². The summed E-state index contributed by atoms with van der Waals surface area (Å²) in [6, 6.07) is 0. The fourth-order valence-electron chi connectivity index (χ4n) is 4.68. The highest BCUT2D eigenvalue weighted by Gasteiger charge is 2.59. The molecule has 2 fully saturated rings. The molecule has 2 saturated carbocycles. The molecule has 3 nitrogen and oxygen atoms in total. The molecule has 3 N–H and O–H groups in total. The molecule has 0 unspecified atom stereocenters. The number of hydrogen-bond donors (Lipinski definition) is 3. The van der Waals surface area contributed by atoms with Crippen LogP contribution in [0.1, 0.15) is 59.8 Å². The smallest absolute Gasteiger partial charge is 0.0658 e. The lowest BCUT2D eigenvalue weighted by Gasteiger charge is -2.59. The second-order valence-corrected chi connectivity index (χ2v) is 7.55. The molecule has 0 spiro atoms. The van der Waals surface area contributed by atoms with Crippen molar-refractivity contribution in [3.8, 4) is 0 Å². The molecule has 0 bridgehead atoms. The summed E-state index contributed by atoms with van der Waals surface area (Å²) >= 11 is 0. The van der Waals surface area contributed by atoms with Crippen LogP contribution in [0.4, 0.5) is 0 Å². The molecule has 0 aromatic rings. The van der Waals surface area contributed by atoms with Crippen molar-refractivity contribution in [2.45, 2.75) is 77.1 Å². The number of fused-ring (bicyclic) bond motifs is 1. The van der Waals surface area contributed by atoms with Gasteiger partial charge >= 0.3 is 0 Å². The van der Waals surface area contributed by atoms with E-state index in [-0.39, 0.29) is 23.4 Å². The van der Waals surface area contributed by atoms with Crippen LogP contribution < -0.4 is 0 Å². The summed E-state index contributed by atoms with van der Waals surface area (Å²) in [6.45, 7) is 7.64. The molecular formula is C15H28O3. The lowest BCUT2D eigenvalue weighted by atomic mass is 9.48. The summed E-state index contributed by atoms with van der Waals surface area (Å²) in [5, 5.41) is 31.6. The first-order valence-corrected chi connectivity index (χ1v) is 7.22. The SMILES string of the molecule is CC(C)(O)[C@@H]1CCC[C@@]2(C)[C@H](O)CC[C@@](C)(O)[C@H]12. The monoisotopic (exact) mass is 256 g/mol. The van der Waals surface area contributed by atoms with Gasteiger partial charge in [0.15, 0.2) is 0 Å². The Bertz CT molecular complexity index is 318. The van der Waals surface area contributed by atoms with Gasteiger partial charge < -0.3 is 15.3 Å². The highest BCUT2D eigenvalue weighted by Crippen LogP contribution is 2.58. The normalized spacial score (nSPS) is 49.8. The molecule has 0 aromatic heterocycles. The van der Waals surface area contributed by atoms with Crippen LogP contribution in [0, 0.1) is 17.3 Å². The Morgan fingerprint density at radius 2 is 1.72 bits per heavy atom. The maximum atomic E-state index is 10.8. The third kappa shape index (κ3) is 2.10. The first-order valence-electron chi connectivity index (χ1n) is 7.22. The maximum absolute atomic E-state index is 10.8. The third-order valence-corrected chi connectivity index (χ3v) is 5.61. The van der Waals surface area contributed by atoms with Crippen molar-refractivity contribution in [2.75, 3.05) is 0 Å². The Labute approximate surface area is 110 Å². The van der Waals surface area contributed by atoms with E-state index in [1.807, 2.05) is 20.8 Å². The highest BCUT2D eigenvalue weighted by molar-refractivity contribution is 5.09. The summed E-state index contributed by atoms with van der Waals surface area (Å²) in [5.74, 6) is 0.0312. The van der Waals surface area contributed by atoms with E-state index in [2.05, 4.69) is 6.92 Å². The minimum absolute atomic E-state index is 0.0255. The van der Waals surface area contributed by atoms with E-state index in [1.54, 1.807) is 0 Å². The third-order valence-electron chi connectivity index (χ3n) is 5.61. The molecule has 0 aromatic carbocycles. The van der Waals surface area contributed by atoms with Crippen molar-refractivity contribution in [3.63, 3.8) is 0 Å². The Morgan fingerprint density at radius 3 is 2.28 bits per heavy atom. The first-order chi connectivity index (χ1) is 8.09. The Morgan fingerprint density at radius 1 is 1.11 bits per heavy atom. The van der Waals surface area contributed by atoms with E-state index in [0.29, 0.717) is 12.8 Å². The zero-order valence-electron chi connectivity index (χ0n) is 12.1. The number of hydrogen-bond acceptors (Lipinski definition) is 3. The van der Waals surface area contributed by atoms with Gasteiger partial charge in [0.2, 0.25) is 0 Å². The van der Waals surface area contributed by atoms with Crippen LogP contribution in [0.2, 0.25) is 0 Å². The Hall–Kier alpha value is -0.120. The van der Waals surface area contributed by atoms with Crippen LogP contribution in [0.25, 0.3) is 0 Å². The summed E-state index contributed by atoms with van der Waals surface area (Å²) in [6.07, 6.45) is 3.84. The van der Waals surface area contributed by atoms with Crippen LogP contribution >= 0.6 is 0 Å². The van der Waals surface area contributed by atoms with Gasteiger partial charge in [0, 0.05) is 5.92 Å². The largest absolute Gasteiger partial charge is 0.393 e. The van der Waals surface area contributed by atoms with Gasteiger partial charge in [-0.3, -0.25) is 0 Å². The van der Waals surface area contributed by atoms with Gasteiger partial charge in [0.05, 0.1) is 17.3 Å². The Balaban J connectivity index is 2.42. The fourth-order valence-corrected chi connectivity index (χ4v) is 4.68. The quantitative estimate of drug-likeness (QED) is 0.673. The van der Waals surface area contributed by atoms with Crippen molar-refractivity contribution in [3.05, 3.63) is 0 Å². The van der Waals surface area contributed by atoms with Gasteiger partial charge in [-0.05, 0) is 57.8 Å². The highest BCUT2D eigenvalue weighted by atomic mass is 16.3. The molecule has 3 heteroatoms. The molecule has 0 radical (unpaired) electrons. The zero-order valence-corrected chi connectivity index (χ0v) is 12.1. The summed E-state index contributed by atoms with van der Waals surface area (Å²) < 4.78 is 0. The Kier molecular flexibility index (Phi) is 3.33. The molecule has 2 aliphatic carbocycles. The van der Waals surface area contributed by atoms with E-state index >= 15 is 0 Å². The topological polar surface area (TPSA) is 60.7 Å². The molecule has 2 rings (SSSR count). The van der Waals surface area contributed by atoms with Crippen molar-refractivity contribution in [2.24, 2.45) is 17.3 Å². The lowest BCUT2D eigenvalue weighted by molar-refractivity contribution is -0.213.